The Balaban J connectivity index is 1.76. The number of fused-ring (bicyclic) bond motifs is 1. The molecule has 1 aliphatic heterocycles. The molecule has 1 aromatic heterocycles. The summed E-state index contributed by atoms with van der Waals surface area (Å²) >= 11 is 0. The van der Waals surface area contributed by atoms with Gasteiger partial charge in [-0.25, -0.2) is 4.98 Å². The van der Waals surface area contributed by atoms with Gasteiger partial charge in [0, 0.05) is 20.0 Å². The number of piperidine rings is 1. The van der Waals surface area contributed by atoms with Crippen molar-refractivity contribution in [2.24, 2.45) is 0 Å². The summed E-state index contributed by atoms with van der Waals surface area (Å²) in [5.74, 6) is -0.766. The van der Waals surface area contributed by atoms with Crippen LogP contribution in [0.5, 0.6) is 0 Å². The highest BCUT2D eigenvalue weighted by Gasteiger charge is 2.30. The molecule has 8 nitrogen and oxygen atoms in total. The van der Waals surface area contributed by atoms with Crippen molar-refractivity contribution in [1.82, 2.24) is 20.2 Å². The Morgan fingerprint density at radius 1 is 1.38 bits per heavy atom. The third kappa shape index (κ3) is 3.13. The van der Waals surface area contributed by atoms with E-state index in [0.29, 0.717) is 23.9 Å². The number of carbonyl (C=O) groups is 2. The zero-order valence-corrected chi connectivity index (χ0v) is 13.2. The number of para-hydroxylation sites is 1. The lowest BCUT2D eigenvalue weighted by molar-refractivity contribution is -0.132. The van der Waals surface area contributed by atoms with Gasteiger partial charge in [0.1, 0.15) is 0 Å². The molecule has 1 fully saturated rings. The molecule has 126 valence electrons. The van der Waals surface area contributed by atoms with E-state index in [2.05, 4.69) is 15.3 Å². The van der Waals surface area contributed by atoms with Gasteiger partial charge in [-0.15, -0.1) is 0 Å². The monoisotopic (exact) mass is 330 g/mol. The number of β-amino-alcohol motifs (C(OH)–C–C–N with tert-alkyl or cyclic N) is 1. The Morgan fingerprint density at radius 3 is 2.83 bits per heavy atom. The number of hydrogen-bond donors (Lipinski definition) is 3. The molecule has 8 heteroatoms. The van der Waals surface area contributed by atoms with Crippen LogP contribution < -0.4 is 10.9 Å². The van der Waals surface area contributed by atoms with Gasteiger partial charge in [-0.3, -0.25) is 14.4 Å². The highest BCUT2D eigenvalue weighted by molar-refractivity contribution is 5.92. The van der Waals surface area contributed by atoms with E-state index in [1.165, 1.54) is 11.8 Å². The topological polar surface area (TPSA) is 115 Å². The van der Waals surface area contributed by atoms with E-state index in [4.69, 9.17) is 0 Å². The standard InChI is InChI=1S/C16H18N4O4/c1-9(21)20-7-6-12(13(22)8-20)18-16(24)14-17-11-5-3-2-4-10(11)15(23)19-14/h2-5,12-13,22H,6-8H2,1H3,(H,18,24)(H,17,19,23)/t12-,13-/m1/s1. The number of aliphatic hydroxyl groups excluding tert-OH is 1. The predicted octanol–water partition coefficient (Wildman–Crippen LogP) is -0.365. The van der Waals surface area contributed by atoms with E-state index in [0.717, 1.165) is 0 Å². The number of hydrogen-bond acceptors (Lipinski definition) is 5. The molecule has 0 spiro atoms. The van der Waals surface area contributed by atoms with Gasteiger partial charge in [0.25, 0.3) is 11.5 Å². The number of aliphatic hydroxyl groups is 1. The average molecular weight is 330 g/mol. The molecule has 2 heterocycles. The summed E-state index contributed by atoms with van der Waals surface area (Å²) in [6.07, 6.45) is -0.427. The molecule has 2 amide bonds. The average Bonchev–Trinajstić information content (AvgIpc) is 2.56. The Morgan fingerprint density at radius 2 is 2.12 bits per heavy atom. The predicted molar refractivity (Wildman–Crippen MR) is 86.5 cm³/mol. The van der Waals surface area contributed by atoms with Gasteiger partial charge in [-0.1, -0.05) is 12.1 Å². The number of amides is 2. The van der Waals surface area contributed by atoms with Crippen LogP contribution in [0.4, 0.5) is 0 Å². The molecule has 2 atom stereocenters. The highest BCUT2D eigenvalue weighted by atomic mass is 16.3. The minimum atomic E-state index is -0.862. The van der Waals surface area contributed by atoms with E-state index >= 15 is 0 Å². The second-order valence-corrected chi connectivity index (χ2v) is 5.83. The van der Waals surface area contributed by atoms with Gasteiger partial charge < -0.3 is 20.3 Å². The normalized spacial score (nSPS) is 20.8. The van der Waals surface area contributed by atoms with Crippen molar-refractivity contribution in [3.05, 3.63) is 40.4 Å². The smallest absolute Gasteiger partial charge is 0.287 e. The summed E-state index contributed by atoms with van der Waals surface area (Å²) in [5, 5.41) is 13.2. The lowest BCUT2D eigenvalue weighted by Crippen LogP contribution is -2.55. The van der Waals surface area contributed by atoms with Crippen molar-refractivity contribution < 1.29 is 14.7 Å². The second kappa shape index (κ2) is 6.40. The van der Waals surface area contributed by atoms with E-state index < -0.39 is 23.6 Å². The number of benzene rings is 1. The van der Waals surface area contributed by atoms with Gasteiger partial charge in [0.05, 0.1) is 23.0 Å². The van der Waals surface area contributed by atoms with Crippen LogP contribution in [0.15, 0.2) is 29.1 Å². The molecule has 0 bridgehead atoms. The molecule has 1 saturated heterocycles. The molecule has 1 aromatic carbocycles. The van der Waals surface area contributed by atoms with Crippen molar-refractivity contribution in [3.63, 3.8) is 0 Å². The minimum Gasteiger partial charge on any atom is -0.389 e. The van der Waals surface area contributed by atoms with Crippen molar-refractivity contribution in [1.29, 1.82) is 0 Å². The molecule has 0 radical (unpaired) electrons. The molecule has 0 aliphatic carbocycles. The summed E-state index contributed by atoms with van der Waals surface area (Å²) in [4.78, 5) is 43.8. The van der Waals surface area contributed by atoms with Crippen LogP contribution in [-0.2, 0) is 4.79 Å². The maximum atomic E-state index is 12.3. The molecule has 2 aromatic rings. The fourth-order valence-corrected chi connectivity index (χ4v) is 2.82. The molecule has 3 rings (SSSR count). The lowest BCUT2D eigenvalue weighted by Gasteiger charge is -2.35. The van der Waals surface area contributed by atoms with E-state index in [1.807, 2.05) is 0 Å². The lowest BCUT2D eigenvalue weighted by atomic mass is 10.0. The van der Waals surface area contributed by atoms with Crippen LogP contribution in [0.1, 0.15) is 24.0 Å². The van der Waals surface area contributed by atoms with Crippen molar-refractivity contribution in [2.45, 2.75) is 25.5 Å². The summed E-state index contributed by atoms with van der Waals surface area (Å²) < 4.78 is 0. The van der Waals surface area contributed by atoms with Crippen LogP contribution in [-0.4, -0.2) is 57.0 Å². The first-order valence-electron chi connectivity index (χ1n) is 7.69. The third-order valence-electron chi connectivity index (χ3n) is 4.17. The van der Waals surface area contributed by atoms with Gasteiger partial charge in [0.2, 0.25) is 5.91 Å². The number of rotatable bonds is 2. The Kier molecular flexibility index (Phi) is 4.30. The summed E-state index contributed by atoms with van der Waals surface area (Å²) in [6, 6.07) is 6.24. The molecule has 24 heavy (non-hydrogen) atoms. The van der Waals surface area contributed by atoms with Crippen LogP contribution >= 0.6 is 0 Å². The quantitative estimate of drug-likeness (QED) is 0.695. The second-order valence-electron chi connectivity index (χ2n) is 5.83. The van der Waals surface area contributed by atoms with Crippen LogP contribution in [0, 0.1) is 0 Å². The maximum Gasteiger partial charge on any atom is 0.287 e. The molecule has 0 unspecified atom stereocenters. The maximum absolute atomic E-state index is 12.3. The zero-order valence-electron chi connectivity index (χ0n) is 13.2. The minimum absolute atomic E-state index is 0.0973. The SMILES string of the molecule is CC(=O)N1CC[C@@H](NC(=O)c2nc3ccccc3c(=O)[nH]2)[C@H](O)C1. The van der Waals surface area contributed by atoms with E-state index in [1.54, 1.807) is 24.3 Å². The first-order chi connectivity index (χ1) is 11.5. The first-order valence-corrected chi connectivity index (χ1v) is 7.69. The fourth-order valence-electron chi connectivity index (χ4n) is 2.82. The largest absolute Gasteiger partial charge is 0.389 e. The van der Waals surface area contributed by atoms with Crippen LogP contribution in [0.3, 0.4) is 0 Å². The van der Waals surface area contributed by atoms with E-state index in [9.17, 15) is 19.5 Å². The molecular weight excluding hydrogens is 312 g/mol. The van der Waals surface area contributed by atoms with Gasteiger partial charge >= 0.3 is 0 Å². The number of likely N-dealkylation sites (tertiary alicyclic amines) is 1. The Hall–Kier alpha value is -2.74. The van der Waals surface area contributed by atoms with Crippen molar-refractivity contribution >= 4 is 22.7 Å². The molecule has 0 saturated carbocycles. The number of aromatic amines is 1. The van der Waals surface area contributed by atoms with E-state index in [-0.39, 0.29) is 18.3 Å². The number of nitrogens with one attached hydrogen (secondary N) is 2. The van der Waals surface area contributed by atoms with Crippen LogP contribution in [0.25, 0.3) is 10.9 Å². The van der Waals surface area contributed by atoms with Gasteiger partial charge in [0.15, 0.2) is 5.82 Å². The van der Waals surface area contributed by atoms with Crippen LogP contribution in [0.2, 0.25) is 0 Å². The molecule has 3 N–H and O–H groups in total. The summed E-state index contributed by atoms with van der Waals surface area (Å²) in [6.45, 7) is 2.07. The van der Waals surface area contributed by atoms with Gasteiger partial charge in [-0.05, 0) is 18.6 Å². The third-order valence-corrected chi connectivity index (χ3v) is 4.17. The fraction of sp³-hybridized carbons (Fsp3) is 0.375. The Labute approximate surface area is 137 Å². The summed E-state index contributed by atoms with van der Waals surface area (Å²) in [5.41, 5.74) is 0.0380. The van der Waals surface area contributed by atoms with Crippen molar-refractivity contribution in [2.75, 3.05) is 13.1 Å². The number of carbonyl (C=O) groups excluding carboxylic acids is 2. The molecular formula is C16H18N4O4. The number of H-pyrrole nitrogens is 1. The number of aromatic nitrogens is 2. The highest BCUT2D eigenvalue weighted by Crippen LogP contribution is 2.12. The zero-order chi connectivity index (χ0) is 17.3. The first kappa shape index (κ1) is 16.1. The van der Waals surface area contributed by atoms with Crippen molar-refractivity contribution in [3.8, 4) is 0 Å². The summed E-state index contributed by atoms with van der Waals surface area (Å²) in [7, 11) is 0. The molecule has 1 aliphatic rings. The number of nitrogens with zero attached hydrogens (tertiary/aromatic N) is 2. The van der Waals surface area contributed by atoms with Gasteiger partial charge in [-0.2, -0.15) is 0 Å². The Bertz CT molecular complexity index is 847.